The predicted molar refractivity (Wildman–Crippen MR) is 126 cm³/mol. The minimum Gasteiger partial charge on any atom is -0.390 e. The standard InChI is InChI=1S/C26H32N4O4/c1-14(13-34-2)28-25(32)22(31)8-21-19-12-27-20-5-3-4-18(20)24(19)30(29-21)23-16-6-15-7-17(23)11-26(33,9-15)10-16/h3-4,12,14-17,23,33H,5-11,13H2,1-2H3,(H,28,32)/t14?,15?,16-,17+,23?,26?. The lowest BCUT2D eigenvalue weighted by Gasteiger charge is -2.58. The van der Waals surface area contributed by atoms with Crippen molar-refractivity contribution < 1.29 is 19.4 Å². The zero-order valence-electron chi connectivity index (χ0n) is 19.8. The second kappa shape index (κ2) is 7.99. The number of methoxy groups -OCH3 is 1. The highest BCUT2D eigenvalue weighted by atomic mass is 16.5. The fraction of sp³-hybridized carbons (Fsp3) is 0.615. The lowest BCUT2D eigenvalue weighted by atomic mass is 9.52. The smallest absolute Gasteiger partial charge is 0.288 e. The number of ketones is 1. The van der Waals surface area contributed by atoms with Crippen LogP contribution in [0.5, 0.6) is 0 Å². The van der Waals surface area contributed by atoms with Gasteiger partial charge in [0.2, 0.25) is 5.78 Å². The zero-order chi connectivity index (χ0) is 23.6. The number of hydrogen-bond donors (Lipinski definition) is 2. The number of fused-ring (bicyclic) bond motifs is 3. The number of aliphatic hydroxyl groups is 1. The van der Waals surface area contributed by atoms with Crippen LogP contribution in [0.3, 0.4) is 0 Å². The van der Waals surface area contributed by atoms with E-state index in [1.54, 1.807) is 14.0 Å². The van der Waals surface area contributed by atoms with E-state index < -0.39 is 17.3 Å². The molecule has 2 N–H and O–H groups in total. The molecule has 0 aliphatic heterocycles. The number of hydrogen-bond acceptors (Lipinski definition) is 6. The van der Waals surface area contributed by atoms with Crippen LogP contribution in [0, 0.1) is 17.8 Å². The molecule has 4 unspecified atom stereocenters. The maximum absolute atomic E-state index is 12.8. The number of rotatable bonds is 7. The molecule has 8 heteroatoms. The molecule has 2 aromatic rings. The molecule has 0 saturated heterocycles. The van der Waals surface area contributed by atoms with Crippen LogP contribution in [0.25, 0.3) is 17.0 Å². The van der Waals surface area contributed by atoms with Gasteiger partial charge in [0, 0.05) is 36.7 Å². The second-order valence-corrected chi connectivity index (χ2v) is 11.0. The maximum atomic E-state index is 12.8. The SMILES string of the molecule is COCC(C)NC(=O)C(=O)Cc1nn(C2[C@@H]3CC4C[C@H]2CC(O)(C4)C3)c2c3c(ncc12)CC=C3. The highest BCUT2D eigenvalue weighted by Gasteiger charge is 2.56. The fourth-order valence-electron chi connectivity index (χ4n) is 7.40. The van der Waals surface area contributed by atoms with Gasteiger partial charge in [0.25, 0.3) is 5.91 Å². The molecule has 34 heavy (non-hydrogen) atoms. The molecule has 0 aromatic carbocycles. The molecule has 2 aromatic heterocycles. The highest BCUT2D eigenvalue weighted by molar-refractivity contribution is 6.36. The Balaban J connectivity index is 1.37. The van der Waals surface area contributed by atoms with Gasteiger partial charge in [0.1, 0.15) is 0 Å². The molecule has 7 rings (SSSR count). The van der Waals surface area contributed by atoms with Crippen molar-refractivity contribution in [2.24, 2.45) is 17.8 Å². The Bertz CT molecular complexity index is 1190. The van der Waals surface area contributed by atoms with E-state index in [0.29, 0.717) is 30.1 Å². The number of nitrogens with zero attached hydrogens (tertiary/aromatic N) is 3. The Morgan fingerprint density at radius 3 is 2.76 bits per heavy atom. The number of aromatic nitrogens is 3. The van der Waals surface area contributed by atoms with Crippen LogP contribution in [-0.2, 0) is 27.2 Å². The van der Waals surface area contributed by atoms with Crippen LogP contribution in [0.4, 0.5) is 0 Å². The number of pyridine rings is 1. The number of allylic oxidation sites excluding steroid dienone is 1. The molecule has 5 aliphatic rings. The number of nitrogens with one attached hydrogen (secondary N) is 1. The van der Waals surface area contributed by atoms with Gasteiger partial charge < -0.3 is 15.2 Å². The van der Waals surface area contributed by atoms with Crippen molar-refractivity contribution in [3.63, 3.8) is 0 Å². The first-order valence-electron chi connectivity index (χ1n) is 12.5. The van der Waals surface area contributed by atoms with Gasteiger partial charge in [-0.05, 0) is 56.8 Å². The third kappa shape index (κ3) is 3.50. The number of carbonyl (C=O) groups is 2. The van der Waals surface area contributed by atoms with E-state index in [0.717, 1.165) is 60.7 Å². The molecule has 6 atom stereocenters. The first-order valence-corrected chi connectivity index (χ1v) is 12.5. The predicted octanol–water partition coefficient (Wildman–Crippen LogP) is 2.38. The number of carbonyl (C=O) groups excluding carboxylic acids is 2. The molecular weight excluding hydrogens is 432 g/mol. The van der Waals surface area contributed by atoms with Crippen LogP contribution in [0.1, 0.15) is 62.0 Å². The Kier molecular flexibility index (Phi) is 5.15. The Hall–Kier alpha value is -2.58. The monoisotopic (exact) mass is 464 g/mol. The van der Waals surface area contributed by atoms with Crippen molar-refractivity contribution in [1.82, 2.24) is 20.1 Å². The molecular formula is C26H32N4O4. The van der Waals surface area contributed by atoms with E-state index in [2.05, 4.69) is 27.1 Å². The van der Waals surface area contributed by atoms with Crippen molar-refractivity contribution in [3.8, 4) is 0 Å². The van der Waals surface area contributed by atoms with Crippen LogP contribution >= 0.6 is 0 Å². The summed E-state index contributed by atoms with van der Waals surface area (Å²) in [5.41, 5.74) is 3.22. The van der Waals surface area contributed by atoms with E-state index >= 15 is 0 Å². The first-order chi connectivity index (χ1) is 16.3. The summed E-state index contributed by atoms with van der Waals surface area (Å²) in [5, 5.41) is 19.6. The molecule has 4 bridgehead atoms. The zero-order valence-corrected chi connectivity index (χ0v) is 19.8. The summed E-state index contributed by atoms with van der Waals surface area (Å²) in [6.45, 7) is 2.15. The lowest BCUT2D eigenvalue weighted by molar-refractivity contribution is -0.148. The Labute approximate surface area is 198 Å². The molecule has 8 nitrogen and oxygen atoms in total. The van der Waals surface area contributed by atoms with Gasteiger partial charge in [-0.1, -0.05) is 12.2 Å². The average molecular weight is 465 g/mol. The van der Waals surface area contributed by atoms with Crippen molar-refractivity contribution in [1.29, 1.82) is 0 Å². The summed E-state index contributed by atoms with van der Waals surface area (Å²) >= 11 is 0. The topological polar surface area (TPSA) is 106 Å². The van der Waals surface area contributed by atoms with Crippen molar-refractivity contribution in [3.05, 3.63) is 29.2 Å². The van der Waals surface area contributed by atoms with Gasteiger partial charge in [0.05, 0.1) is 41.6 Å². The van der Waals surface area contributed by atoms with Crippen LogP contribution < -0.4 is 5.32 Å². The van der Waals surface area contributed by atoms with E-state index in [-0.39, 0.29) is 18.5 Å². The first kappa shape index (κ1) is 21.9. The number of amides is 1. The second-order valence-electron chi connectivity index (χ2n) is 11.0. The minimum absolute atomic E-state index is 0.0617. The third-order valence-electron chi connectivity index (χ3n) is 8.38. The van der Waals surface area contributed by atoms with E-state index in [1.807, 2.05) is 6.20 Å². The number of ether oxygens (including phenoxy) is 1. The molecule has 0 spiro atoms. The largest absolute Gasteiger partial charge is 0.390 e. The summed E-state index contributed by atoms with van der Waals surface area (Å²) in [4.78, 5) is 30.0. The summed E-state index contributed by atoms with van der Waals surface area (Å²) < 4.78 is 7.20. The lowest BCUT2D eigenvalue weighted by Crippen LogP contribution is -2.55. The molecule has 4 fully saturated rings. The van der Waals surface area contributed by atoms with Crippen LogP contribution in [0.2, 0.25) is 0 Å². The summed E-state index contributed by atoms with van der Waals surface area (Å²) in [5.74, 6) is 0.250. The van der Waals surface area contributed by atoms with Gasteiger partial charge in [-0.25, -0.2) is 0 Å². The third-order valence-corrected chi connectivity index (χ3v) is 8.38. The molecule has 0 radical (unpaired) electrons. The van der Waals surface area contributed by atoms with Gasteiger partial charge in [-0.15, -0.1) is 0 Å². The quantitative estimate of drug-likeness (QED) is 0.610. The molecule has 180 valence electrons. The Morgan fingerprint density at radius 2 is 2.06 bits per heavy atom. The van der Waals surface area contributed by atoms with E-state index in [9.17, 15) is 14.7 Å². The van der Waals surface area contributed by atoms with Crippen molar-refractivity contribution in [2.45, 2.75) is 69.6 Å². The van der Waals surface area contributed by atoms with Gasteiger partial charge >= 0.3 is 0 Å². The number of Topliss-reactive ketones (excluding diaryl/α,β-unsaturated/α-hetero) is 1. The van der Waals surface area contributed by atoms with E-state index in [1.165, 1.54) is 0 Å². The fourth-order valence-corrected chi connectivity index (χ4v) is 7.40. The molecule has 4 saturated carbocycles. The maximum Gasteiger partial charge on any atom is 0.288 e. The van der Waals surface area contributed by atoms with Crippen LogP contribution in [-0.4, -0.2) is 56.9 Å². The summed E-state index contributed by atoms with van der Waals surface area (Å²) in [7, 11) is 1.56. The van der Waals surface area contributed by atoms with Crippen LogP contribution in [0.15, 0.2) is 12.3 Å². The van der Waals surface area contributed by atoms with Gasteiger partial charge in [-0.3, -0.25) is 19.3 Å². The van der Waals surface area contributed by atoms with Gasteiger partial charge in [-0.2, -0.15) is 5.10 Å². The van der Waals surface area contributed by atoms with Gasteiger partial charge in [0.15, 0.2) is 0 Å². The molecule has 5 aliphatic carbocycles. The summed E-state index contributed by atoms with van der Waals surface area (Å²) in [6.07, 6.45) is 11.6. The highest BCUT2D eigenvalue weighted by Crippen LogP contribution is 2.60. The molecule has 2 heterocycles. The summed E-state index contributed by atoms with van der Waals surface area (Å²) in [6, 6.07) is -0.0381. The van der Waals surface area contributed by atoms with Crippen molar-refractivity contribution >= 4 is 28.7 Å². The Morgan fingerprint density at radius 1 is 1.29 bits per heavy atom. The minimum atomic E-state index is -0.613. The molecule has 1 amide bonds. The van der Waals surface area contributed by atoms with Crippen molar-refractivity contribution in [2.75, 3.05) is 13.7 Å². The normalized spacial score (nSPS) is 31.7. The van der Waals surface area contributed by atoms with E-state index in [4.69, 9.17) is 9.84 Å². The average Bonchev–Trinajstić information content (AvgIpc) is 3.37.